The van der Waals surface area contributed by atoms with Gasteiger partial charge in [0.05, 0.1) is 5.69 Å². The third-order valence-corrected chi connectivity index (χ3v) is 3.03. The molecule has 0 saturated carbocycles. The van der Waals surface area contributed by atoms with Crippen molar-refractivity contribution >= 4 is 22.3 Å². The lowest BCUT2D eigenvalue weighted by atomic mass is 10.2. The number of pyridine rings is 1. The summed E-state index contributed by atoms with van der Waals surface area (Å²) < 4.78 is 0. The lowest BCUT2D eigenvalue weighted by molar-refractivity contribution is 0.481. The zero-order valence-electron chi connectivity index (χ0n) is 11.0. The molecule has 3 aromatic rings. The summed E-state index contributed by atoms with van der Waals surface area (Å²) in [5, 5.41) is 18.9. The number of phenolic OH excluding ortho intramolecular Hbond substituents is 1. The summed E-state index contributed by atoms with van der Waals surface area (Å²) in [6.45, 7) is 2.03. The fourth-order valence-electron chi connectivity index (χ4n) is 1.95. The van der Waals surface area contributed by atoms with Gasteiger partial charge in [-0.1, -0.05) is 17.7 Å². The van der Waals surface area contributed by atoms with Gasteiger partial charge < -0.3 is 5.11 Å². The maximum Gasteiger partial charge on any atom is 0.125 e. The van der Waals surface area contributed by atoms with Crippen LogP contribution < -0.4 is 0 Å². The highest BCUT2D eigenvalue weighted by atomic mass is 16.3. The van der Waals surface area contributed by atoms with Crippen LogP contribution in [0.1, 0.15) is 5.56 Å². The molecule has 0 aliphatic carbocycles. The summed E-state index contributed by atoms with van der Waals surface area (Å²) in [7, 11) is 0. The van der Waals surface area contributed by atoms with Crippen LogP contribution in [0.25, 0.3) is 10.9 Å². The first kappa shape index (κ1) is 12.3. The second kappa shape index (κ2) is 5.09. The van der Waals surface area contributed by atoms with E-state index < -0.39 is 0 Å². The summed E-state index contributed by atoms with van der Waals surface area (Å²) in [6, 6.07) is 14.7. The van der Waals surface area contributed by atoms with E-state index in [9.17, 15) is 5.11 Å². The average molecular weight is 263 g/mol. The van der Waals surface area contributed by atoms with Crippen LogP contribution in [0.5, 0.6) is 5.75 Å². The molecule has 0 spiro atoms. The molecule has 0 aliphatic heterocycles. The van der Waals surface area contributed by atoms with Gasteiger partial charge in [-0.2, -0.15) is 5.11 Å². The normalized spacial score (nSPS) is 11.2. The van der Waals surface area contributed by atoms with Gasteiger partial charge in [0.15, 0.2) is 0 Å². The minimum Gasteiger partial charge on any atom is -0.507 e. The number of aromatic hydroxyl groups is 1. The van der Waals surface area contributed by atoms with Crippen molar-refractivity contribution in [1.29, 1.82) is 0 Å². The summed E-state index contributed by atoms with van der Waals surface area (Å²) in [5.41, 5.74) is 3.25. The molecule has 0 saturated heterocycles. The number of rotatable bonds is 2. The summed E-state index contributed by atoms with van der Waals surface area (Å²) >= 11 is 0. The van der Waals surface area contributed by atoms with E-state index in [0.717, 1.165) is 5.69 Å². The molecule has 0 amide bonds. The first-order valence-electron chi connectivity index (χ1n) is 6.29. The Morgan fingerprint density at radius 2 is 1.75 bits per heavy atom. The van der Waals surface area contributed by atoms with Crippen molar-refractivity contribution in [1.82, 2.24) is 4.98 Å². The SMILES string of the molecule is Cc1ccc(N=Nc2ccc(O)c3cccnc23)cc1. The Bertz CT molecular complexity index is 779. The standard InChI is InChI=1S/C16H13N3O/c1-11-4-6-12(7-5-11)18-19-14-8-9-15(20)13-3-2-10-17-16(13)14/h2-10,20H,1H3. The molecule has 0 atom stereocenters. The zero-order chi connectivity index (χ0) is 13.9. The van der Waals surface area contributed by atoms with Crippen molar-refractivity contribution in [2.24, 2.45) is 10.2 Å². The largest absolute Gasteiger partial charge is 0.507 e. The number of hydrogen-bond acceptors (Lipinski definition) is 4. The fraction of sp³-hybridized carbons (Fsp3) is 0.0625. The van der Waals surface area contributed by atoms with Gasteiger partial charge in [0, 0.05) is 11.6 Å². The predicted octanol–water partition coefficient (Wildman–Crippen LogP) is 4.66. The van der Waals surface area contributed by atoms with Gasteiger partial charge >= 0.3 is 0 Å². The molecule has 2 aromatic carbocycles. The maximum absolute atomic E-state index is 9.80. The number of aromatic nitrogens is 1. The number of nitrogens with zero attached hydrogens (tertiary/aromatic N) is 3. The molecule has 4 heteroatoms. The highest BCUT2D eigenvalue weighted by Gasteiger charge is 2.05. The topological polar surface area (TPSA) is 57.8 Å². The lowest BCUT2D eigenvalue weighted by Crippen LogP contribution is -1.79. The van der Waals surface area contributed by atoms with E-state index in [2.05, 4.69) is 15.2 Å². The molecule has 1 N–H and O–H groups in total. The first-order valence-corrected chi connectivity index (χ1v) is 6.29. The van der Waals surface area contributed by atoms with E-state index in [1.807, 2.05) is 37.3 Å². The molecule has 0 unspecified atom stereocenters. The molecule has 20 heavy (non-hydrogen) atoms. The molecule has 0 radical (unpaired) electrons. The molecule has 0 aliphatic rings. The van der Waals surface area contributed by atoms with E-state index in [1.54, 1.807) is 24.4 Å². The van der Waals surface area contributed by atoms with Crippen molar-refractivity contribution in [3.05, 3.63) is 60.3 Å². The van der Waals surface area contributed by atoms with Crippen molar-refractivity contribution in [2.75, 3.05) is 0 Å². The molecule has 1 heterocycles. The highest BCUT2D eigenvalue weighted by molar-refractivity contribution is 5.93. The van der Waals surface area contributed by atoms with Crippen molar-refractivity contribution in [3.63, 3.8) is 0 Å². The highest BCUT2D eigenvalue weighted by Crippen LogP contribution is 2.31. The first-order chi connectivity index (χ1) is 9.74. The third kappa shape index (κ3) is 2.36. The van der Waals surface area contributed by atoms with Crippen LogP contribution >= 0.6 is 0 Å². The fourth-order valence-corrected chi connectivity index (χ4v) is 1.95. The average Bonchev–Trinajstić information content (AvgIpc) is 2.49. The van der Waals surface area contributed by atoms with Gasteiger partial charge in [-0.05, 0) is 43.3 Å². The van der Waals surface area contributed by atoms with Gasteiger partial charge in [-0.3, -0.25) is 4.98 Å². The Morgan fingerprint density at radius 3 is 2.55 bits per heavy atom. The number of aryl methyl sites for hydroxylation is 1. The number of fused-ring (bicyclic) bond motifs is 1. The number of hydrogen-bond donors (Lipinski definition) is 1. The monoisotopic (exact) mass is 263 g/mol. The second-order valence-electron chi connectivity index (χ2n) is 4.54. The molecule has 0 fully saturated rings. The van der Waals surface area contributed by atoms with Crippen LogP contribution in [-0.4, -0.2) is 10.1 Å². The maximum atomic E-state index is 9.80. The van der Waals surface area contributed by atoms with E-state index in [-0.39, 0.29) is 5.75 Å². The molecule has 4 nitrogen and oxygen atoms in total. The minimum atomic E-state index is 0.197. The summed E-state index contributed by atoms with van der Waals surface area (Å²) in [6.07, 6.45) is 1.67. The van der Waals surface area contributed by atoms with E-state index in [1.165, 1.54) is 5.56 Å². The van der Waals surface area contributed by atoms with Crippen LogP contribution in [0.4, 0.5) is 11.4 Å². The Balaban J connectivity index is 2.03. The molecule has 98 valence electrons. The van der Waals surface area contributed by atoms with Gasteiger partial charge in [0.25, 0.3) is 0 Å². The van der Waals surface area contributed by atoms with Crippen LogP contribution in [0, 0.1) is 6.92 Å². The molecule has 0 bridgehead atoms. The molecular weight excluding hydrogens is 250 g/mol. The van der Waals surface area contributed by atoms with Gasteiger partial charge in [-0.25, -0.2) is 0 Å². The molecular formula is C16H13N3O. The van der Waals surface area contributed by atoms with Crippen molar-refractivity contribution < 1.29 is 5.11 Å². The van der Waals surface area contributed by atoms with Crippen LogP contribution in [-0.2, 0) is 0 Å². The quantitative estimate of drug-likeness (QED) is 0.683. The zero-order valence-corrected chi connectivity index (χ0v) is 11.0. The number of azo groups is 1. The summed E-state index contributed by atoms with van der Waals surface area (Å²) in [5.74, 6) is 0.197. The van der Waals surface area contributed by atoms with Crippen LogP contribution in [0.2, 0.25) is 0 Å². The Labute approximate surface area is 116 Å². The predicted molar refractivity (Wildman–Crippen MR) is 78.8 cm³/mol. The van der Waals surface area contributed by atoms with Gasteiger partial charge in [-0.15, -0.1) is 5.11 Å². The van der Waals surface area contributed by atoms with Crippen molar-refractivity contribution in [3.8, 4) is 5.75 Å². The van der Waals surface area contributed by atoms with Crippen LogP contribution in [0.15, 0.2) is 65.0 Å². The number of phenols is 1. The van der Waals surface area contributed by atoms with Crippen molar-refractivity contribution in [2.45, 2.75) is 6.92 Å². The molecule has 3 rings (SSSR count). The summed E-state index contributed by atoms with van der Waals surface area (Å²) in [4.78, 5) is 4.25. The van der Waals surface area contributed by atoms with E-state index in [4.69, 9.17) is 0 Å². The van der Waals surface area contributed by atoms with Gasteiger partial charge in [0.1, 0.15) is 17.0 Å². The Hall–Kier alpha value is -2.75. The number of benzene rings is 2. The molecule has 1 aromatic heterocycles. The third-order valence-electron chi connectivity index (χ3n) is 3.03. The Morgan fingerprint density at radius 1 is 0.950 bits per heavy atom. The van der Waals surface area contributed by atoms with E-state index >= 15 is 0 Å². The lowest BCUT2D eigenvalue weighted by Gasteiger charge is -2.02. The van der Waals surface area contributed by atoms with E-state index in [0.29, 0.717) is 16.6 Å². The smallest absolute Gasteiger partial charge is 0.125 e. The minimum absolute atomic E-state index is 0.197. The van der Waals surface area contributed by atoms with Gasteiger partial charge in [0.2, 0.25) is 0 Å². The van der Waals surface area contributed by atoms with Crippen LogP contribution in [0.3, 0.4) is 0 Å². The second-order valence-corrected chi connectivity index (χ2v) is 4.54. The Kier molecular flexibility index (Phi) is 3.13.